The molecule has 0 radical (unpaired) electrons. The summed E-state index contributed by atoms with van der Waals surface area (Å²) in [6.45, 7) is 2.58. The van der Waals surface area contributed by atoms with E-state index in [0.29, 0.717) is 23.7 Å². The number of amides is 1. The zero-order chi connectivity index (χ0) is 15.2. The average molecular weight is 284 g/mol. The van der Waals surface area contributed by atoms with Gasteiger partial charge >= 0.3 is 0 Å². The van der Waals surface area contributed by atoms with Crippen LogP contribution >= 0.6 is 0 Å². The topological polar surface area (TPSA) is 79.9 Å². The van der Waals surface area contributed by atoms with Crippen molar-refractivity contribution in [2.75, 3.05) is 13.7 Å². The largest absolute Gasteiger partial charge is 0.481 e. The van der Waals surface area contributed by atoms with E-state index in [4.69, 9.17) is 10.00 Å². The van der Waals surface area contributed by atoms with Gasteiger partial charge in [-0.3, -0.25) is 4.79 Å². The predicted molar refractivity (Wildman–Crippen MR) is 77.5 cm³/mol. The maximum Gasteiger partial charge on any atom is 0.271 e. The molecule has 0 unspecified atom stereocenters. The molecule has 6 nitrogen and oxygen atoms in total. The Morgan fingerprint density at radius 3 is 2.71 bits per heavy atom. The molecule has 0 atom stereocenters. The highest BCUT2D eigenvalue weighted by molar-refractivity contribution is 5.92. The predicted octanol–water partition coefficient (Wildman–Crippen LogP) is 1.89. The lowest BCUT2D eigenvalue weighted by Crippen LogP contribution is -2.24. The molecule has 108 valence electrons. The summed E-state index contributed by atoms with van der Waals surface area (Å²) in [6, 6.07) is 10.5. The summed E-state index contributed by atoms with van der Waals surface area (Å²) in [7, 11) is 1.52. The van der Waals surface area contributed by atoms with E-state index in [2.05, 4.69) is 16.5 Å². The van der Waals surface area contributed by atoms with Crippen LogP contribution in [0.5, 0.6) is 5.88 Å². The third kappa shape index (κ3) is 3.20. The quantitative estimate of drug-likeness (QED) is 0.909. The molecule has 1 N–H and O–H groups in total. The average Bonchev–Trinajstić information content (AvgIpc) is 2.97. The lowest BCUT2D eigenvalue weighted by Gasteiger charge is -2.05. The molecule has 2 rings (SSSR count). The molecule has 0 saturated heterocycles. The van der Waals surface area contributed by atoms with Gasteiger partial charge in [-0.1, -0.05) is 6.92 Å². The van der Waals surface area contributed by atoms with Gasteiger partial charge in [0, 0.05) is 12.6 Å². The molecule has 6 heteroatoms. The van der Waals surface area contributed by atoms with Crippen LogP contribution in [0.15, 0.2) is 30.3 Å². The first-order valence-corrected chi connectivity index (χ1v) is 6.62. The molecule has 1 aromatic heterocycles. The standard InChI is InChI=1S/C15H16N4O2/c1-3-8-17-15(20)13-9-14(21-2)19(18-13)12-6-4-11(10-16)5-7-12/h4-7,9H,3,8H2,1-2H3,(H,17,20). The van der Waals surface area contributed by atoms with E-state index in [1.54, 1.807) is 30.3 Å². The van der Waals surface area contributed by atoms with Crippen LogP contribution in [-0.4, -0.2) is 29.3 Å². The molecule has 1 aromatic carbocycles. The number of aromatic nitrogens is 2. The number of ether oxygens (including phenoxy) is 1. The SMILES string of the molecule is CCCNC(=O)c1cc(OC)n(-c2ccc(C#N)cc2)n1. The minimum absolute atomic E-state index is 0.234. The Balaban J connectivity index is 2.32. The minimum Gasteiger partial charge on any atom is -0.481 e. The number of nitrogens with zero attached hydrogens (tertiary/aromatic N) is 3. The van der Waals surface area contributed by atoms with Crippen molar-refractivity contribution in [2.24, 2.45) is 0 Å². The van der Waals surface area contributed by atoms with Gasteiger partial charge in [0.05, 0.1) is 24.4 Å². The zero-order valence-electron chi connectivity index (χ0n) is 12.0. The highest BCUT2D eigenvalue weighted by Gasteiger charge is 2.15. The summed E-state index contributed by atoms with van der Waals surface area (Å²) in [5, 5.41) is 15.8. The Labute approximate surface area is 123 Å². The van der Waals surface area contributed by atoms with Gasteiger partial charge in [0.2, 0.25) is 5.88 Å². The van der Waals surface area contributed by atoms with Crippen molar-refractivity contribution in [1.82, 2.24) is 15.1 Å². The van der Waals surface area contributed by atoms with Crippen molar-refractivity contribution in [3.05, 3.63) is 41.6 Å². The molecule has 1 amide bonds. The van der Waals surface area contributed by atoms with E-state index in [9.17, 15) is 4.79 Å². The first kappa shape index (κ1) is 14.6. The Hall–Kier alpha value is -2.81. The van der Waals surface area contributed by atoms with Gasteiger partial charge in [-0.2, -0.15) is 10.4 Å². The fourth-order valence-electron chi connectivity index (χ4n) is 1.81. The minimum atomic E-state index is -0.234. The first-order chi connectivity index (χ1) is 10.2. The number of hydrogen-bond acceptors (Lipinski definition) is 4. The van der Waals surface area contributed by atoms with Gasteiger partial charge in [0.1, 0.15) is 0 Å². The molecule has 0 fully saturated rings. The van der Waals surface area contributed by atoms with Crippen molar-refractivity contribution in [3.63, 3.8) is 0 Å². The molecule has 0 saturated carbocycles. The van der Waals surface area contributed by atoms with E-state index in [1.165, 1.54) is 11.8 Å². The number of hydrogen-bond donors (Lipinski definition) is 1. The summed E-state index contributed by atoms with van der Waals surface area (Å²) in [5.74, 6) is 0.226. The van der Waals surface area contributed by atoms with Crippen molar-refractivity contribution in [2.45, 2.75) is 13.3 Å². The Morgan fingerprint density at radius 2 is 2.14 bits per heavy atom. The Bertz CT molecular complexity index is 668. The Morgan fingerprint density at radius 1 is 1.43 bits per heavy atom. The van der Waals surface area contributed by atoms with Gasteiger partial charge in [-0.25, -0.2) is 4.68 Å². The fourth-order valence-corrected chi connectivity index (χ4v) is 1.81. The lowest BCUT2D eigenvalue weighted by atomic mass is 10.2. The van der Waals surface area contributed by atoms with Crippen molar-refractivity contribution < 1.29 is 9.53 Å². The number of rotatable bonds is 5. The van der Waals surface area contributed by atoms with Crippen LogP contribution in [0.4, 0.5) is 0 Å². The van der Waals surface area contributed by atoms with Crippen LogP contribution in [0, 0.1) is 11.3 Å². The van der Waals surface area contributed by atoms with Gasteiger partial charge in [-0.05, 0) is 30.7 Å². The number of nitrogens with one attached hydrogen (secondary N) is 1. The lowest BCUT2D eigenvalue weighted by molar-refractivity contribution is 0.0948. The van der Waals surface area contributed by atoms with Gasteiger partial charge < -0.3 is 10.1 Å². The highest BCUT2D eigenvalue weighted by atomic mass is 16.5. The third-order valence-corrected chi connectivity index (χ3v) is 2.89. The van der Waals surface area contributed by atoms with E-state index >= 15 is 0 Å². The summed E-state index contributed by atoms with van der Waals surface area (Å²) < 4.78 is 6.78. The van der Waals surface area contributed by atoms with Crippen LogP contribution < -0.4 is 10.1 Å². The van der Waals surface area contributed by atoms with E-state index in [0.717, 1.165) is 12.1 Å². The van der Waals surface area contributed by atoms with Gasteiger partial charge in [-0.15, -0.1) is 0 Å². The van der Waals surface area contributed by atoms with Gasteiger partial charge in [0.15, 0.2) is 5.69 Å². The monoisotopic (exact) mass is 284 g/mol. The molecule has 2 aromatic rings. The smallest absolute Gasteiger partial charge is 0.271 e. The number of benzene rings is 1. The summed E-state index contributed by atoms with van der Waals surface area (Å²) in [6.07, 6.45) is 0.860. The van der Waals surface area contributed by atoms with Crippen molar-refractivity contribution in [1.29, 1.82) is 5.26 Å². The molecule has 0 aliphatic heterocycles. The third-order valence-electron chi connectivity index (χ3n) is 2.89. The molecule has 0 aliphatic rings. The van der Waals surface area contributed by atoms with Crippen LogP contribution in [0.3, 0.4) is 0 Å². The number of carbonyl (C=O) groups excluding carboxylic acids is 1. The second-order valence-corrected chi connectivity index (χ2v) is 4.40. The summed E-state index contributed by atoms with van der Waals surface area (Å²) in [5.41, 5.74) is 1.58. The second kappa shape index (κ2) is 6.57. The zero-order valence-corrected chi connectivity index (χ0v) is 12.0. The molecule has 21 heavy (non-hydrogen) atoms. The van der Waals surface area contributed by atoms with E-state index in [1.807, 2.05) is 6.92 Å². The van der Waals surface area contributed by atoms with Crippen LogP contribution in [0.25, 0.3) is 5.69 Å². The Kier molecular flexibility index (Phi) is 4.57. The molecular weight excluding hydrogens is 268 g/mol. The molecule has 0 bridgehead atoms. The highest BCUT2D eigenvalue weighted by Crippen LogP contribution is 2.19. The molecular formula is C15H16N4O2. The van der Waals surface area contributed by atoms with Crippen molar-refractivity contribution in [3.8, 4) is 17.6 Å². The maximum absolute atomic E-state index is 11.9. The molecule has 1 heterocycles. The summed E-state index contributed by atoms with van der Waals surface area (Å²) in [4.78, 5) is 11.9. The number of carbonyl (C=O) groups is 1. The van der Waals surface area contributed by atoms with Crippen LogP contribution in [0.2, 0.25) is 0 Å². The first-order valence-electron chi connectivity index (χ1n) is 6.62. The van der Waals surface area contributed by atoms with E-state index < -0.39 is 0 Å². The van der Waals surface area contributed by atoms with Crippen molar-refractivity contribution >= 4 is 5.91 Å². The van der Waals surface area contributed by atoms with Gasteiger partial charge in [0.25, 0.3) is 5.91 Å². The number of methoxy groups -OCH3 is 1. The van der Waals surface area contributed by atoms with Crippen LogP contribution in [-0.2, 0) is 0 Å². The maximum atomic E-state index is 11.9. The summed E-state index contributed by atoms with van der Waals surface area (Å²) >= 11 is 0. The molecule has 0 aliphatic carbocycles. The second-order valence-electron chi connectivity index (χ2n) is 4.40. The van der Waals surface area contributed by atoms with Crippen LogP contribution in [0.1, 0.15) is 29.4 Å². The normalized spacial score (nSPS) is 9.95. The fraction of sp³-hybridized carbons (Fsp3) is 0.267. The molecule has 0 spiro atoms. The number of nitriles is 1. The van der Waals surface area contributed by atoms with E-state index in [-0.39, 0.29) is 5.91 Å².